The molecule has 0 aliphatic rings. The predicted octanol–water partition coefficient (Wildman–Crippen LogP) is -2.16. The Kier molecular flexibility index (Phi) is 6.48. The van der Waals surface area contributed by atoms with E-state index in [0.717, 1.165) is 0 Å². The van der Waals surface area contributed by atoms with Crippen LogP contribution in [0.5, 0.6) is 0 Å². The first-order valence-electron chi connectivity index (χ1n) is 3.17. The summed E-state index contributed by atoms with van der Waals surface area (Å²) in [6, 6.07) is 0. The third kappa shape index (κ3) is 5.02. The number of carbonyl (C=O) groups is 3. The first kappa shape index (κ1) is 15.6. The maximum atomic E-state index is 10.3. The van der Waals surface area contributed by atoms with E-state index in [4.69, 9.17) is 20.4 Å². The monoisotopic (exact) mass is 314 g/mol. The normalized spacial score (nSPS) is 10.1. The van der Waals surface area contributed by atoms with Crippen molar-refractivity contribution >= 4 is 41.8 Å². The Balaban J connectivity index is 0. The summed E-state index contributed by atoms with van der Waals surface area (Å²) in [7, 11) is 0. The molecule has 0 heterocycles. The van der Waals surface area contributed by atoms with E-state index in [1.807, 2.05) is 0 Å². The van der Waals surface area contributed by atoms with E-state index >= 15 is 0 Å². The van der Waals surface area contributed by atoms with Crippen LogP contribution in [0.15, 0.2) is 0 Å². The molecule has 80 valence electrons. The fourth-order valence-electron chi connectivity index (χ4n) is 0.714. The van der Waals surface area contributed by atoms with Gasteiger partial charge in [0, 0.05) is 0 Å². The van der Waals surface area contributed by atoms with E-state index < -0.39 is 36.4 Å². The molecule has 7 nitrogen and oxygen atoms in total. The third-order valence-electron chi connectivity index (χ3n) is 1.29. The Bertz CT molecular complexity index is 233. The first-order chi connectivity index (χ1) is 5.78. The van der Waals surface area contributed by atoms with Gasteiger partial charge in [0.1, 0.15) is 0 Å². The number of hydrogen-bond acceptors (Lipinski definition) is 4. The first-order valence-corrected chi connectivity index (χ1v) is 3.17. The Morgan fingerprint density at radius 3 is 1.36 bits per heavy atom. The van der Waals surface area contributed by atoms with E-state index in [0.29, 0.717) is 0 Å². The van der Waals surface area contributed by atoms with Crippen molar-refractivity contribution in [3.63, 3.8) is 0 Å². The molecule has 0 aliphatic carbocycles. The molecule has 0 aromatic rings. The molecule has 0 atom stereocenters. The maximum absolute atomic E-state index is 10.3. The molecule has 14 heavy (non-hydrogen) atoms. The van der Waals surface area contributed by atoms with Crippen molar-refractivity contribution in [3.05, 3.63) is 0 Å². The molecule has 0 bridgehead atoms. The third-order valence-corrected chi connectivity index (χ3v) is 1.29. The Hall–Kier alpha value is -0.831. The summed E-state index contributed by atoms with van der Waals surface area (Å²) in [5.41, 5.74) is -2.74. The van der Waals surface area contributed by atoms with Crippen molar-refractivity contribution in [1.29, 1.82) is 0 Å². The van der Waals surface area contributed by atoms with Gasteiger partial charge in [0.25, 0.3) is 0 Å². The van der Waals surface area contributed by atoms with Crippen LogP contribution in [0.1, 0.15) is 12.8 Å². The van der Waals surface area contributed by atoms with Gasteiger partial charge in [-0.05, 0) is 0 Å². The summed E-state index contributed by atoms with van der Waals surface area (Å²) < 4.78 is 0. The molecule has 0 spiro atoms. The van der Waals surface area contributed by atoms with Gasteiger partial charge in [0.05, 0.1) is 12.8 Å². The summed E-state index contributed by atoms with van der Waals surface area (Å²) >= 11 is 0. The molecule has 0 aromatic carbocycles. The Morgan fingerprint density at radius 2 is 1.21 bits per heavy atom. The van der Waals surface area contributed by atoms with Crippen molar-refractivity contribution in [2.75, 3.05) is 0 Å². The van der Waals surface area contributed by atoms with Crippen LogP contribution in [0.2, 0.25) is 0 Å². The summed E-state index contributed by atoms with van der Waals surface area (Å²) in [6.07, 6.45) is -2.29. The zero-order chi connectivity index (χ0) is 10.6. The van der Waals surface area contributed by atoms with Crippen LogP contribution in [0, 0.1) is 0 Å². The van der Waals surface area contributed by atoms with Gasteiger partial charge in [-0.2, -0.15) is 0 Å². The minimum absolute atomic E-state index is 0. The SMILES string of the molecule is O=C(O)CC(O)(CC(=O)O)C(=O)O.[SnH2]. The van der Waals surface area contributed by atoms with Crippen molar-refractivity contribution in [2.45, 2.75) is 18.4 Å². The minimum atomic E-state index is -2.74. The number of rotatable bonds is 5. The average Bonchev–Trinajstić information content (AvgIpc) is 1.82. The van der Waals surface area contributed by atoms with E-state index in [1.54, 1.807) is 0 Å². The van der Waals surface area contributed by atoms with Crippen LogP contribution >= 0.6 is 0 Å². The molecular formula is C6H10O7Sn. The standard InChI is InChI=1S/C6H8O7.Sn.2H/c7-3(8)1-6(13,5(11)12)2-4(9)10;;;/h13H,1-2H2,(H,7,8)(H,9,10)(H,11,12);;;. The molecule has 0 amide bonds. The van der Waals surface area contributed by atoms with E-state index in [9.17, 15) is 14.4 Å². The van der Waals surface area contributed by atoms with Gasteiger partial charge in [-0.3, -0.25) is 9.59 Å². The summed E-state index contributed by atoms with van der Waals surface area (Å²) in [4.78, 5) is 30.5. The molecule has 0 rings (SSSR count). The predicted molar refractivity (Wildman–Crippen MR) is 45.6 cm³/mol. The topological polar surface area (TPSA) is 132 Å². The van der Waals surface area contributed by atoms with Gasteiger partial charge in [0.2, 0.25) is 0 Å². The molecule has 4 N–H and O–H groups in total. The van der Waals surface area contributed by atoms with Crippen molar-refractivity contribution < 1.29 is 34.8 Å². The van der Waals surface area contributed by atoms with E-state index in [2.05, 4.69) is 0 Å². The zero-order valence-electron chi connectivity index (χ0n) is 7.13. The summed E-state index contributed by atoms with van der Waals surface area (Å²) in [5.74, 6) is -5.02. The van der Waals surface area contributed by atoms with Gasteiger partial charge >= 0.3 is 41.8 Å². The number of hydrogen-bond donors (Lipinski definition) is 4. The number of carboxylic acid groups (broad SMARTS) is 3. The molecule has 0 unspecified atom stereocenters. The van der Waals surface area contributed by atoms with E-state index in [-0.39, 0.29) is 23.9 Å². The second-order valence-electron chi connectivity index (χ2n) is 2.48. The van der Waals surface area contributed by atoms with Crippen molar-refractivity contribution in [2.24, 2.45) is 0 Å². The van der Waals surface area contributed by atoms with E-state index in [1.165, 1.54) is 0 Å². The van der Waals surface area contributed by atoms with Crippen LogP contribution in [-0.4, -0.2) is 67.8 Å². The molecule has 0 fully saturated rings. The van der Waals surface area contributed by atoms with Crippen molar-refractivity contribution in [3.8, 4) is 0 Å². The fraction of sp³-hybridized carbons (Fsp3) is 0.500. The summed E-state index contributed by atoms with van der Waals surface area (Å²) in [5, 5.41) is 33.8. The second kappa shape index (κ2) is 5.81. The molecular weight excluding hydrogens is 303 g/mol. The van der Waals surface area contributed by atoms with Gasteiger partial charge in [-0.15, -0.1) is 0 Å². The number of aliphatic hydroxyl groups is 1. The number of aliphatic carboxylic acids is 3. The van der Waals surface area contributed by atoms with Crippen LogP contribution in [0.4, 0.5) is 0 Å². The number of carboxylic acids is 3. The second-order valence-corrected chi connectivity index (χ2v) is 2.48. The quantitative estimate of drug-likeness (QED) is 0.425. The van der Waals surface area contributed by atoms with Crippen LogP contribution in [-0.2, 0) is 14.4 Å². The van der Waals surface area contributed by atoms with Crippen LogP contribution in [0.25, 0.3) is 0 Å². The van der Waals surface area contributed by atoms with Gasteiger partial charge in [-0.25, -0.2) is 4.79 Å². The summed E-state index contributed by atoms with van der Waals surface area (Å²) in [6.45, 7) is 0. The average molecular weight is 313 g/mol. The molecule has 0 saturated carbocycles. The Labute approximate surface area is 95.3 Å². The molecule has 8 heteroatoms. The molecule has 0 saturated heterocycles. The molecule has 0 aromatic heterocycles. The van der Waals surface area contributed by atoms with Gasteiger partial charge < -0.3 is 20.4 Å². The van der Waals surface area contributed by atoms with Crippen LogP contribution < -0.4 is 0 Å². The molecule has 0 aliphatic heterocycles. The van der Waals surface area contributed by atoms with Crippen LogP contribution in [0.3, 0.4) is 0 Å². The zero-order valence-corrected chi connectivity index (χ0v) is 11.2. The van der Waals surface area contributed by atoms with Gasteiger partial charge in [-0.1, -0.05) is 0 Å². The Morgan fingerprint density at radius 1 is 0.929 bits per heavy atom. The molecule has 2 radical (unpaired) electrons. The fourth-order valence-corrected chi connectivity index (χ4v) is 0.714. The van der Waals surface area contributed by atoms with Crippen molar-refractivity contribution in [1.82, 2.24) is 0 Å². The van der Waals surface area contributed by atoms with Gasteiger partial charge in [0.15, 0.2) is 5.60 Å².